The molecular weight excluding hydrogens is 230 g/mol. The molecule has 4 saturated carbocycles. The maximum Gasteiger partial charge on any atom is 0.279 e. The Labute approximate surface area is 108 Å². The van der Waals surface area contributed by atoms with Gasteiger partial charge >= 0.3 is 0 Å². The van der Waals surface area contributed by atoms with Gasteiger partial charge in [0.15, 0.2) is 0 Å². The largest absolute Gasteiger partial charge is 0.342 e. The first-order chi connectivity index (χ1) is 8.09. The number of thioether (sulfide) groups is 1. The van der Waals surface area contributed by atoms with Crippen molar-refractivity contribution in [1.82, 2.24) is 5.32 Å². The highest BCUT2D eigenvalue weighted by Gasteiger charge is 2.57. The first-order valence-corrected chi connectivity index (χ1v) is 8.17. The van der Waals surface area contributed by atoms with Crippen molar-refractivity contribution in [3.8, 4) is 0 Å². The lowest BCUT2D eigenvalue weighted by atomic mass is 9.46. The minimum absolute atomic E-state index is 0.167. The Morgan fingerprint density at radius 1 is 1.29 bits per heavy atom. The molecule has 96 valence electrons. The molecule has 2 nitrogen and oxygen atoms in total. The van der Waals surface area contributed by atoms with Crippen LogP contribution in [0.25, 0.3) is 0 Å². The fourth-order valence-electron chi connectivity index (χ4n) is 5.28. The van der Waals surface area contributed by atoms with E-state index < -0.39 is 0 Å². The fraction of sp³-hybridized carbons (Fsp3) is 0.929. The SMILES string of the molecule is CCC12C[C@H]3C[C@@H](C1)CC(NC(=O)SC)(C3)C2. The molecule has 4 atom stereocenters. The summed E-state index contributed by atoms with van der Waals surface area (Å²) in [7, 11) is 0. The second-order valence-electron chi connectivity index (χ2n) is 6.71. The first kappa shape index (κ1) is 11.9. The van der Waals surface area contributed by atoms with Gasteiger partial charge < -0.3 is 5.32 Å². The molecule has 0 spiro atoms. The van der Waals surface area contributed by atoms with E-state index in [0.717, 1.165) is 11.8 Å². The van der Waals surface area contributed by atoms with Gasteiger partial charge in [-0.1, -0.05) is 25.1 Å². The van der Waals surface area contributed by atoms with Crippen LogP contribution in [0.4, 0.5) is 4.79 Å². The van der Waals surface area contributed by atoms with Crippen LogP contribution in [-0.2, 0) is 0 Å². The topological polar surface area (TPSA) is 29.1 Å². The third kappa shape index (κ3) is 1.91. The van der Waals surface area contributed by atoms with Crippen LogP contribution in [0.3, 0.4) is 0 Å². The highest BCUT2D eigenvalue weighted by atomic mass is 32.2. The Kier molecular flexibility index (Phi) is 2.73. The summed E-state index contributed by atoms with van der Waals surface area (Å²) in [5.74, 6) is 1.77. The Morgan fingerprint density at radius 3 is 2.47 bits per heavy atom. The second-order valence-corrected chi connectivity index (χ2v) is 7.49. The normalized spacial score (nSPS) is 47.2. The Bertz CT molecular complexity index is 327. The van der Waals surface area contributed by atoms with Gasteiger partial charge in [-0.15, -0.1) is 0 Å². The second kappa shape index (κ2) is 3.91. The van der Waals surface area contributed by atoms with Crippen LogP contribution in [0, 0.1) is 17.3 Å². The predicted octanol–water partition coefficient (Wildman–Crippen LogP) is 3.81. The van der Waals surface area contributed by atoms with Crippen LogP contribution in [0.15, 0.2) is 0 Å². The Hall–Kier alpha value is -0.180. The molecule has 4 bridgehead atoms. The van der Waals surface area contributed by atoms with Crippen LogP contribution < -0.4 is 5.32 Å². The van der Waals surface area contributed by atoms with Gasteiger partial charge in [0.1, 0.15) is 0 Å². The van der Waals surface area contributed by atoms with Crippen molar-refractivity contribution in [1.29, 1.82) is 0 Å². The number of nitrogens with one attached hydrogen (secondary N) is 1. The quantitative estimate of drug-likeness (QED) is 0.811. The van der Waals surface area contributed by atoms with E-state index in [-0.39, 0.29) is 10.8 Å². The molecule has 4 aliphatic rings. The van der Waals surface area contributed by atoms with Crippen LogP contribution in [-0.4, -0.2) is 17.0 Å². The molecule has 0 aromatic rings. The lowest BCUT2D eigenvalue weighted by Crippen LogP contribution is -2.62. The predicted molar refractivity (Wildman–Crippen MR) is 72.2 cm³/mol. The van der Waals surface area contributed by atoms with Crippen molar-refractivity contribution in [3.63, 3.8) is 0 Å². The van der Waals surface area contributed by atoms with Crippen molar-refractivity contribution in [3.05, 3.63) is 0 Å². The summed E-state index contributed by atoms with van der Waals surface area (Å²) in [4.78, 5) is 11.7. The van der Waals surface area contributed by atoms with Crippen LogP contribution in [0.1, 0.15) is 51.9 Å². The molecule has 4 aliphatic carbocycles. The van der Waals surface area contributed by atoms with Gasteiger partial charge in [-0.3, -0.25) is 4.79 Å². The van der Waals surface area contributed by atoms with Gasteiger partial charge in [0.2, 0.25) is 0 Å². The van der Waals surface area contributed by atoms with Crippen molar-refractivity contribution < 1.29 is 4.79 Å². The minimum Gasteiger partial charge on any atom is -0.342 e. The van der Waals surface area contributed by atoms with E-state index in [4.69, 9.17) is 0 Å². The van der Waals surface area contributed by atoms with Gasteiger partial charge in [-0.25, -0.2) is 0 Å². The Balaban J connectivity index is 1.84. The van der Waals surface area contributed by atoms with E-state index >= 15 is 0 Å². The van der Waals surface area contributed by atoms with Crippen molar-refractivity contribution in [2.24, 2.45) is 17.3 Å². The molecule has 0 aromatic heterocycles. The molecule has 4 fully saturated rings. The van der Waals surface area contributed by atoms with Gasteiger partial charge in [-0.2, -0.15) is 0 Å². The van der Waals surface area contributed by atoms with Crippen molar-refractivity contribution >= 4 is 17.0 Å². The highest BCUT2D eigenvalue weighted by Crippen LogP contribution is 2.62. The van der Waals surface area contributed by atoms with E-state index in [1.54, 1.807) is 0 Å². The summed E-state index contributed by atoms with van der Waals surface area (Å²) >= 11 is 1.33. The molecule has 0 aromatic carbocycles. The fourth-order valence-corrected chi connectivity index (χ4v) is 5.60. The molecule has 2 unspecified atom stereocenters. The zero-order chi connectivity index (χ0) is 12.1. The molecule has 3 heteroatoms. The van der Waals surface area contributed by atoms with E-state index in [1.807, 2.05) is 6.26 Å². The number of rotatable bonds is 2. The first-order valence-electron chi connectivity index (χ1n) is 6.95. The summed E-state index contributed by atoms with van der Waals surface area (Å²) in [5, 5.41) is 3.54. The van der Waals surface area contributed by atoms with E-state index in [2.05, 4.69) is 12.2 Å². The summed E-state index contributed by atoms with van der Waals surface area (Å²) in [5.41, 5.74) is 0.732. The number of carbonyl (C=O) groups is 1. The van der Waals surface area contributed by atoms with E-state index in [9.17, 15) is 4.79 Å². The van der Waals surface area contributed by atoms with Gasteiger partial charge in [0.05, 0.1) is 0 Å². The lowest BCUT2D eigenvalue weighted by molar-refractivity contribution is -0.0775. The van der Waals surface area contributed by atoms with Gasteiger partial charge in [0, 0.05) is 5.54 Å². The molecule has 0 aliphatic heterocycles. The maximum atomic E-state index is 11.7. The molecular formula is C14H23NOS. The average molecular weight is 253 g/mol. The smallest absolute Gasteiger partial charge is 0.279 e. The summed E-state index contributed by atoms with van der Waals surface area (Å²) in [6.45, 7) is 2.34. The van der Waals surface area contributed by atoms with Gasteiger partial charge in [0.25, 0.3) is 5.24 Å². The number of amides is 1. The summed E-state index contributed by atoms with van der Waals surface area (Å²) in [6.07, 6.45) is 11.2. The summed E-state index contributed by atoms with van der Waals surface area (Å²) < 4.78 is 0. The molecule has 4 rings (SSSR count). The van der Waals surface area contributed by atoms with Crippen LogP contribution in [0.5, 0.6) is 0 Å². The molecule has 0 saturated heterocycles. The van der Waals surface area contributed by atoms with E-state index in [0.29, 0.717) is 5.41 Å². The highest BCUT2D eigenvalue weighted by molar-refractivity contribution is 8.12. The number of hydrogen-bond acceptors (Lipinski definition) is 2. The molecule has 1 N–H and O–H groups in total. The molecule has 17 heavy (non-hydrogen) atoms. The monoisotopic (exact) mass is 253 g/mol. The van der Waals surface area contributed by atoms with Crippen molar-refractivity contribution in [2.45, 2.75) is 57.4 Å². The number of carbonyl (C=O) groups excluding carboxylic acids is 1. The minimum atomic E-state index is 0.167. The third-order valence-electron chi connectivity index (χ3n) is 5.48. The standard InChI is InChI=1S/C14H23NOS/c1-3-13-5-10-4-11(6-13)8-14(7-10,9-13)15-12(16)17-2/h10-11H,3-9H2,1-2H3,(H,15,16)/t10-,11+,13?,14?. The van der Waals surface area contributed by atoms with Crippen LogP contribution >= 0.6 is 11.8 Å². The lowest BCUT2D eigenvalue weighted by Gasteiger charge is -2.62. The Morgan fingerprint density at radius 2 is 1.94 bits per heavy atom. The molecule has 0 radical (unpaired) electrons. The van der Waals surface area contributed by atoms with Crippen LogP contribution in [0.2, 0.25) is 0 Å². The molecule has 1 amide bonds. The van der Waals surface area contributed by atoms with Crippen molar-refractivity contribution in [2.75, 3.05) is 6.26 Å². The zero-order valence-electron chi connectivity index (χ0n) is 10.9. The summed E-state index contributed by atoms with van der Waals surface area (Å²) in [6, 6.07) is 0. The number of hydrogen-bond donors (Lipinski definition) is 1. The third-order valence-corrected chi connectivity index (χ3v) is 5.96. The molecule has 0 heterocycles. The van der Waals surface area contributed by atoms with E-state index in [1.165, 1.54) is 56.7 Å². The zero-order valence-corrected chi connectivity index (χ0v) is 11.7. The maximum absolute atomic E-state index is 11.7. The average Bonchev–Trinajstić information content (AvgIpc) is 2.26. The van der Waals surface area contributed by atoms with Gasteiger partial charge in [-0.05, 0) is 62.0 Å².